The van der Waals surface area contributed by atoms with Crippen LogP contribution in [0.4, 0.5) is 5.69 Å². The first-order valence-electron chi connectivity index (χ1n) is 8.60. The topological polar surface area (TPSA) is 66.5 Å². The minimum Gasteiger partial charge on any atom is -0.324 e. The molecule has 0 unspecified atom stereocenters. The molecule has 3 aliphatic rings. The molecule has 1 aromatic carbocycles. The number of anilines is 1. The van der Waals surface area contributed by atoms with Crippen LogP contribution in [0.2, 0.25) is 5.02 Å². The van der Waals surface area contributed by atoms with Crippen molar-refractivity contribution >= 4 is 82.8 Å². The van der Waals surface area contributed by atoms with Crippen LogP contribution in [0.1, 0.15) is 12.0 Å². The van der Waals surface area contributed by atoms with Gasteiger partial charge in [0.05, 0.1) is 16.9 Å². The number of halogens is 4. The molecule has 3 fully saturated rings. The highest BCUT2D eigenvalue weighted by atomic mass is 79.9. The lowest BCUT2D eigenvalue weighted by Crippen LogP contribution is -2.39. The molecular formula is C18H16Br3ClN2O3. The molecule has 9 heteroatoms. The molecule has 27 heavy (non-hydrogen) atoms. The lowest BCUT2D eigenvalue weighted by Gasteiger charge is -2.28. The number of hydrogen-bond donors (Lipinski definition) is 1. The molecule has 1 saturated heterocycles. The fourth-order valence-electron chi connectivity index (χ4n) is 4.69. The largest absolute Gasteiger partial charge is 0.324 e. The SMILES string of the molecule is Cc1c(NC(=O)CN2C(=O)[C@@H]3[C@H]4C[C@@H]([C@H](Br)[C@@H]4Br)[C@@H]3C2=O)ccc(Br)c1Cl. The van der Waals surface area contributed by atoms with Crippen molar-refractivity contribution in [1.29, 1.82) is 0 Å². The third-order valence-corrected chi connectivity index (χ3v) is 10.6. The summed E-state index contributed by atoms with van der Waals surface area (Å²) in [6.45, 7) is 1.53. The Kier molecular flexibility index (Phi) is 5.23. The fraction of sp³-hybridized carbons (Fsp3) is 0.500. The summed E-state index contributed by atoms with van der Waals surface area (Å²) in [5.41, 5.74) is 1.28. The number of fused-ring (bicyclic) bond motifs is 5. The van der Waals surface area contributed by atoms with Gasteiger partial charge < -0.3 is 5.32 Å². The Morgan fingerprint density at radius 1 is 1.19 bits per heavy atom. The second-order valence-electron chi connectivity index (χ2n) is 7.35. The van der Waals surface area contributed by atoms with E-state index in [2.05, 4.69) is 53.1 Å². The number of rotatable bonds is 3. The molecule has 1 aromatic rings. The Hall–Kier alpha value is -0.440. The van der Waals surface area contributed by atoms with E-state index in [1.807, 2.05) is 0 Å². The van der Waals surface area contributed by atoms with Crippen molar-refractivity contribution in [2.45, 2.75) is 23.0 Å². The zero-order valence-corrected chi connectivity index (χ0v) is 19.7. The van der Waals surface area contributed by atoms with Crippen LogP contribution in [-0.2, 0) is 14.4 Å². The van der Waals surface area contributed by atoms with Gasteiger partial charge in [0.2, 0.25) is 17.7 Å². The zero-order chi connectivity index (χ0) is 19.6. The fourth-order valence-corrected chi connectivity index (χ4v) is 7.15. The molecule has 1 aliphatic heterocycles. The average molecular weight is 584 g/mol. The summed E-state index contributed by atoms with van der Waals surface area (Å²) in [7, 11) is 0. The molecular weight excluding hydrogens is 567 g/mol. The smallest absolute Gasteiger partial charge is 0.244 e. The van der Waals surface area contributed by atoms with Crippen molar-refractivity contribution in [3.05, 3.63) is 27.2 Å². The molecule has 2 aliphatic carbocycles. The highest BCUT2D eigenvalue weighted by molar-refractivity contribution is 9.12. The number of imide groups is 1. The highest BCUT2D eigenvalue weighted by Gasteiger charge is 2.66. The molecule has 0 radical (unpaired) electrons. The van der Waals surface area contributed by atoms with E-state index in [0.29, 0.717) is 10.7 Å². The molecule has 6 atom stereocenters. The number of amides is 3. The van der Waals surface area contributed by atoms with Crippen molar-refractivity contribution in [3.8, 4) is 0 Å². The van der Waals surface area contributed by atoms with Crippen LogP contribution in [0, 0.1) is 30.6 Å². The third kappa shape index (κ3) is 3.02. The number of hydrogen-bond acceptors (Lipinski definition) is 3. The molecule has 3 amide bonds. The number of benzene rings is 1. The minimum absolute atomic E-state index is 0.140. The number of nitrogens with zero attached hydrogens (tertiary/aromatic N) is 1. The lowest BCUT2D eigenvalue weighted by atomic mass is 9.81. The highest BCUT2D eigenvalue weighted by Crippen LogP contribution is 2.60. The van der Waals surface area contributed by atoms with E-state index in [9.17, 15) is 14.4 Å². The van der Waals surface area contributed by atoms with Crippen molar-refractivity contribution in [1.82, 2.24) is 4.90 Å². The molecule has 0 spiro atoms. The summed E-state index contributed by atoms with van der Waals surface area (Å²) in [6, 6.07) is 3.47. The van der Waals surface area contributed by atoms with E-state index >= 15 is 0 Å². The van der Waals surface area contributed by atoms with Crippen molar-refractivity contribution in [2.75, 3.05) is 11.9 Å². The zero-order valence-electron chi connectivity index (χ0n) is 14.2. The van der Waals surface area contributed by atoms with E-state index in [4.69, 9.17) is 11.6 Å². The lowest BCUT2D eigenvalue weighted by molar-refractivity contribution is -0.143. The Morgan fingerprint density at radius 2 is 1.74 bits per heavy atom. The van der Waals surface area contributed by atoms with Crippen LogP contribution in [0.5, 0.6) is 0 Å². The number of carbonyl (C=O) groups is 3. The summed E-state index contributed by atoms with van der Waals surface area (Å²) in [6.07, 6.45) is 0.870. The maximum absolute atomic E-state index is 12.9. The summed E-state index contributed by atoms with van der Waals surface area (Å²) in [4.78, 5) is 39.7. The van der Waals surface area contributed by atoms with E-state index in [1.165, 1.54) is 0 Å². The van der Waals surface area contributed by atoms with E-state index in [0.717, 1.165) is 21.4 Å². The van der Waals surface area contributed by atoms with E-state index in [-0.39, 0.29) is 51.7 Å². The van der Waals surface area contributed by atoms with Gasteiger partial charge in [-0.05, 0) is 58.8 Å². The first kappa shape index (κ1) is 19.9. The van der Waals surface area contributed by atoms with Gasteiger partial charge in [0.1, 0.15) is 6.54 Å². The molecule has 0 aromatic heterocycles. The van der Waals surface area contributed by atoms with Crippen LogP contribution in [-0.4, -0.2) is 38.8 Å². The minimum atomic E-state index is -0.406. The Balaban J connectivity index is 1.49. The Morgan fingerprint density at radius 3 is 2.30 bits per heavy atom. The predicted octanol–water partition coefficient (Wildman–Crippen LogP) is 4.13. The van der Waals surface area contributed by atoms with Gasteiger partial charge in [-0.2, -0.15) is 0 Å². The van der Waals surface area contributed by atoms with Gasteiger partial charge in [0.15, 0.2) is 0 Å². The van der Waals surface area contributed by atoms with Crippen LogP contribution in [0.25, 0.3) is 0 Å². The van der Waals surface area contributed by atoms with Gasteiger partial charge in [-0.1, -0.05) is 43.5 Å². The summed E-state index contributed by atoms with van der Waals surface area (Å²) in [5.74, 6) is -1.18. The molecule has 4 rings (SSSR count). The maximum Gasteiger partial charge on any atom is 0.244 e. The van der Waals surface area contributed by atoms with Gasteiger partial charge in [-0.3, -0.25) is 19.3 Å². The second kappa shape index (κ2) is 7.11. The van der Waals surface area contributed by atoms with Crippen molar-refractivity contribution in [2.24, 2.45) is 23.7 Å². The summed E-state index contributed by atoms with van der Waals surface area (Å²) in [5, 5.41) is 3.27. The van der Waals surface area contributed by atoms with Gasteiger partial charge >= 0.3 is 0 Å². The van der Waals surface area contributed by atoms with Gasteiger partial charge in [0.25, 0.3) is 0 Å². The quantitative estimate of drug-likeness (QED) is 0.430. The summed E-state index contributed by atoms with van der Waals surface area (Å²) < 4.78 is 0.738. The van der Waals surface area contributed by atoms with Gasteiger partial charge in [0, 0.05) is 19.8 Å². The van der Waals surface area contributed by atoms with Gasteiger partial charge in [-0.15, -0.1) is 0 Å². The molecule has 1 N–H and O–H groups in total. The van der Waals surface area contributed by atoms with Crippen LogP contribution in [0.3, 0.4) is 0 Å². The first-order valence-corrected chi connectivity index (χ1v) is 11.6. The third-order valence-electron chi connectivity index (χ3n) is 5.99. The Labute approximate surface area is 186 Å². The van der Waals surface area contributed by atoms with Crippen molar-refractivity contribution < 1.29 is 14.4 Å². The molecule has 1 heterocycles. The molecule has 144 valence electrons. The summed E-state index contributed by atoms with van der Waals surface area (Å²) >= 11 is 16.8. The van der Waals surface area contributed by atoms with E-state index < -0.39 is 5.91 Å². The number of nitrogens with one attached hydrogen (secondary N) is 1. The van der Waals surface area contributed by atoms with Crippen LogP contribution in [0.15, 0.2) is 16.6 Å². The molecule has 2 saturated carbocycles. The first-order chi connectivity index (χ1) is 12.7. The van der Waals surface area contributed by atoms with Crippen LogP contribution < -0.4 is 5.32 Å². The number of alkyl halides is 2. The second-order valence-corrected chi connectivity index (χ2v) is 10.7. The average Bonchev–Trinajstić information content (AvgIpc) is 3.23. The molecule has 2 bridgehead atoms. The van der Waals surface area contributed by atoms with Crippen LogP contribution >= 0.6 is 59.4 Å². The number of carbonyl (C=O) groups excluding carboxylic acids is 3. The monoisotopic (exact) mass is 580 g/mol. The normalized spacial score (nSPS) is 34.3. The predicted molar refractivity (Wildman–Crippen MR) is 113 cm³/mol. The van der Waals surface area contributed by atoms with Gasteiger partial charge in [-0.25, -0.2) is 0 Å². The van der Waals surface area contributed by atoms with Crippen molar-refractivity contribution in [3.63, 3.8) is 0 Å². The Bertz CT molecular complexity index is 832. The molecule has 5 nitrogen and oxygen atoms in total. The van der Waals surface area contributed by atoms with E-state index in [1.54, 1.807) is 19.1 Å². The maximum atomic E-state index is 12.9. The standard InChI is InChI=1S/C18H16Br3ClN2O3/c1-6-10(3-2-9(19)16(6)22)23-11(25)5-24-17(26)12-7-4-8(13(12)18(24)27)15(21)14(7)20/h2-3,7-8,12-15H,4-5H2,1H3,(H,23,25)/t7-,8-,12-,13+,14-,15+/m1/s1. The number of likely N-dealkylation sites (tertiary alicyclic amines) is 1.